The van der Waals surface area contributed by atoms with Crippen LogP contribution >= 0.6 is 0 Å². The van der Waals surface area contributed by atoms with Crippen LogP contribution in [0, 0.1) is 0 Å². The van der Waals surface area contributed by atoms with E-state index in [1.54, 1.807) is 0 Å². The second-order valence-electron chi connectivity index (χ2n) is 10.5. The molecule has 0 unspecified atom stereocenters. The van der Waals surface area contributed by atoms with E-state index in [1.165, 1.54) is 63.4 Å². The third-order valence-corrected chi connectivity index (χ3v) is 6.30. The van der Waals surface area contributed by atoms with E-state index in [0.717, 1.165) is 24.3 Å². The van der Waals surface area contributed by atoms with Gasteiger partial charge in [-0.3, -0.25) is 4.79 Å². The van der Waals surface area contributed by atoms with Crippen molar-refractivity contribution in [3.63, 3.8) is 0 Å². The quantitative estimate of drug-likeness (QED) is 0.192. The van der Waals surface area contributed by atoms with E-state index < -0.39 is 0 Å². The van der Waals surface area contributed by atoms with Crippen molar-refractivity contribution in [2.75, 3.05) is 6.61 Å². The molecule has 0 aliphatic carbocycles. The molecule has 5 heteroatoms. The minimum Gasteiger partial charge on any atom is -1.00 e. The fourth-order valence-electron chi connectivity index (χ4n) is 4.11. The van der Waals surface area contributed by atoms with Crippen molar-refractivity contribution in [2.45, 2.75) is 104 Å². The number of carbonyl (C=O) groups is 1. The number of nitrogens with one attached hydrogen (secondary N) is 1. The van der Waals surface area contributed by atoms with Crippen molar-refractivity contribution in [1.82, 2.24) is 5.32 Å². The van der Waals surface area contributed by atoms with Crippen LogP contribution in [0.4, 0.5) is 0 Å². The molecule has 2 rings (SSSR count). The number of halogens is 1. The lowest BCUT2D eigenvalue weighted by Crippen LogP contribution is -3.00. The lowest BCUT2D eigenvalue weighted by atomic mass is 9.85. The lowest BCUT2D eigenvalue weighted by Gasteiger charge is -2.24. The zero-order valence-electron chi connectivity index (χ0n) is 22.7. The van der Waals surface area contributed by atoms with Crippen LogP contribution in [0.25, 0.3) is 0 Å². The molecule has 0 radical (unpaired) electrons. The molecular weight excluding hydrogens is 547 g/mol. The molecule has 0 aliphatic heterocycles. The molecule has 0 bridgehead atoms. The maximum absolute atomic E-state index is 12.5. The minimum absolute atomic E-state index is 0. The first-order valence-corrected chi connectivity index (χ1v) is 13.3. The Hall–Kier alpha value is -1.63. The van der Waals surface area contributed by atoms with Crippen LogP contribution in [0.15, 0.2) is 42.7 Å². The predicted octanol–water partition coefficient (Wildman–Crippen LogP) is 4.04. The Kier molecular flexibility index (Phi) is 15.2. The molecule has 0 spiro atoms. The number of rotatable bonds is 15. The van der Waals surface area contributed by atoms with Crippen LogP contribution in [0.5, 0.6) is 5.75 Å². The molecule has 1 aromatic heterocycles. The largest absolute Gasteiger partial charge is 1.00 e. The highest BCUT2D eigenvalue weighted by atomic mass is 127. The number of pyridine rings is 1. The molecular formula is C30H47IN2O2. The summed E-state index contributed by atoms with van der Waals surface area (Å²) in [6.45, 7) is 10.2. The molecule has 1 heterocycles. The third-order valence-electron chi connectivity index (χ3n) is 6.30. The van der Waals surface area contributed by atoms with Crippen molar-refractivity contribution >= 4 is 5.91 Å². The smallest absolute Gasteiger partial charge is 0.252 e. The summed E-state index contributed by atoms with van der Waals surface area (Å²) in [6, 6.07) is 9.98. The zero-order chi connectivity index (χ0) is 24.8. The molecule has 0 saturated heterocycles. The number of hydrogen-bond donors (Lipinski definition) is 1. The molecule has 196 valence electrons. The minimum atomic E-state index is -0.0563. The number of amides is 1. The van der Waals surface area contributed by atoms with Crippen molar-refractivity contribution in [3.05, 3.63) is 59.4 Å². The first kappa shape index (κ1) is 31.4. The van der Waals surface area contributed by atoms with E-state index in [9.17, 15) is 4.79 Å². The van der Waals surface area contributed by atoms with Gasteiger partial charge in [-0.1, -0.05) is 91.5 Å². The zero-order valence-corrected chi connectivity index (χ0v) is 24.8. The summed E-state index contributed by atoms with van der Waals surface area (Å²) in [7, 11) is 1.94. The summed E-state index contributed by atoms with van der Waals surface area (Å²) < 4.78 is 8.12. The molecule has 1 aromatic carbocycles. The highest BCUT2D eigenvalue weighted by Crippen LogP contribution is 2.32. The average Bonchev–Trinajstić information content (AvgIpc) is 2.81. The van der Waals surface area contributed by atoms with Crippen LogP contribution in [0.3, 0.4) is 0 Å². The van der Waals surface area contributed by atoms with E-state index >= 15 is 0 Å². The van der Waals surface area contributed by atoms with Crippen LogP contribution in [-0.2, 0) is 19.0 Å². The summed E-state index contributed by atoms with van der Waals surface area (Å²) >= 11 is 0. The molecule has 1 amide bonds. The van der Waals surface area contributed by atoms with Gasteiger partial charge in [-0.2, -0.15) is 0 Å². The molecule has 0 aliphatic rings. The monoisotopic (exact) mass is 594 g/mol. The number of nitrogens with zero attached hydrogens (tertiary/aromatic N) is 1. The maximum atomic E-state index is 12.5. The Balaban J connectivity index is 0.00000612. The normalized spacial score (nSPS) is 11.1. The molecule has 35 heavy (non-hydrogen) atoms. The standard InChI is InChI=1S/C30H46N2O2.HI/c1-6-7-8-9-10-11-12-13-14-15-22-34-28-17-16-25(23-27(28)30(2,3)4)24-31-29(33)26-18-20-32(5)21-19-26;/h16-21,23H,6-15,22,24H2,1-5H3;1H. The summed E-state index contributed by atoms with van der Waals surface area (Å²) in [6.07, 6.45) is 17.0. The average molecular weight is 595 g/mol. The van der Waals surface area contributed by atoms with E-state index in [4.69, 9.17) is 4.74 Å². The molecule has 1 N–H and O–H groups in total. The van der Waals surface area contributed by atoms with Gasteiger partial charge in [0.15, 0.2) is 12.4 Å². The Morgan fingerprint density at radius 2 is 1.46 bits per heavy atom. The van der Waals surface area contributed by atoms with Crippen molar-refractivity contribution in [3.8, 4) is 5.75 Å². The summed E-state index contributed by atoms with van der Waals surface area (Å²) in [5.74, 6) is 0.910. The van der Waals surface area contributed by atoms with Crippen molar-refractivity contribution in [1.29, 1.82) is 0 Å². The Bertz CT molecular complexity index is 860. The van der Waals surface area contributed by atoms with Gasteiger partial charge in [-0.05, 0) is 35.1 Å². The SMILES string of the molecule is CCCCCCCCCCCCOc1ccc(CNC(=O)c2cc[n+](C)cc2)cc1C(C)(C)C.[I-]. The van der Waals surface area contributed by atoms with Gasteiger partial charge >= 0.3 is 0 Å². The Labute approximate surface area is 231 Å². The molecule has 0 saturated carbocycles. The van der Waals surface area contributed by atoms with Gasteiger partial charge in [-0.15, -0.1) is 0 Å². The second-order valence-corrected chi connectivity index (χ2v) is 10.5. The summed E-state index contributed by atoms with van der Waals surface area (Å²) in [5, 5.41) is 3.03. The molecule has 2 aromatic rings. The van der Waals surface area contributed by atoms with Crippen LogP contribution in [0.1, 0.15) is 113 Å². The molecule has 4 nitrogen and oxygen atoms in total. The molecule has 0 fully saturated rings. The van der Waals surface area contributed by atoms with E-state index in [-0.39, 0.29) is 35.3 Å². The number of aryl methyl sites for hydroxylation is 1. The van der Waals surface area contributed by atoms with E-state index in [2.05, 4.69) is 51.2 Å². The van der Waals surface area contributed by atoms with Gasteiger partial charge in [0.1, 0.15) is 12.8 Å². The third kappa shape index (κ3) is 12.2. The summed E-state index contributed by atoms with van der Waals surface area (Å²) in [4.78, 5) is 12.5. The fourth-order valence-corrected chi connectivity index (χ4v) is 4.11. The number of aromatic nitrogens is 1. The Morgan fingerprint density at radius 1 is 0.886 bits per heavy atom. The molecule has 0 atom stereocenters. The number of carbonyl (C=O) groups excluding carboxylic acids is 1. The van der Waals surface area contributed by atoms with Gasteiger partial charge < -0.3 is 34.0 Å². The lowest BCUT2D eigenvalue weighted by molar-refractivity contribution is -0.671. The van der Waals surface area contributed by atoms with E-state index in [0.29, 0.717) is 12.1 Å². The van der Waals surface area contributed by atoms with E-state index in [1.807, 2.05) is 36.1 Å². The van der Waals surface area contributed by atoms with Gasteiger partial charge in [0.05, 0.1) is 12.2 Å². The fraction of sp³-hybridized carbons (Fsp3) is 0.600. The highest BCUT2D eigenvalue weighted by molar-refractivity contribution is 5.93. The highest BCUT2D eigenvalue weighted by Gasteiger charge is 2.20. The number of ether oxygens (including phenoxy) is 1. The first-order chi connectivity index (χ1) is 16.3. The predicted molar refractivity (Wildman–Crippen MR) is 141 cm³/mol. The van der Waals surface area contributed by atoms with Crippen molar-refractivity contribution in [2.24, 2.45) is 7.05 Å². The van der Waals surface area contributed by atoms with Crippen LogP contribution < -0.4 is 38.6 Å². The number of unbranched alkanes of at least 4 members (excludes halogenated alkanes) is 9. The van der Waals surface area contributed by atoms with Crippen molar-refractivity contribution < 1.29 is 38.1 Å². The topological polar surface area (TPSA) is 42.2 Å². The number of hydrogen-bond acceptors (Lipinski definition) is 2. The van der Waals surface area contributed by atoms with Gasteiger partial charge in [0.25, 0.3) is 5.91 Å². The maximum Gasteiger partial charge on any atom is 0.252 e. The second kappa shape index (κ2) is 16.9. The van der Waals surface area contributed by atoms with Crippen LogP contribution in [-0.4, -0.2) is 12.5 Å². The number of benzene rings is 1. The van der Waals surface area contributed by atoms with Gasteiger partial charge in [0.2, 0.25) is 0 Å². The van der Waals surface area contributed by atoms with Gasteiger partial charge in [-0.25, -0.2) is 4.57 Å². The summed E-state index contributed by atoms with van der Waals surface area (Å²) in [5.41, 5.74) is 2.93. The van der Waals surface area contributed by atoms with Gasteiger partial charge in [0, 0.05) is 18.7 Å². The Morgan fingerprint density at radius 3 is 2.03 bits per heavy atom. The first-order valence-electron chi connectivity index (χ1n) is 13.3. The van der Waals surface area contributed by atoms with Crippen LogP contribution in [0.2, 0.25) is 0 Å².